The molecule has 0 aliphatic carbocycles. The van der Waals surface area contributed by atoms with Crippen molar-refractivity contribution in [2.24, 2.45) is 0 Å². The van der Waals surface area contributed by atoms with Crippen molar-refractivity contribution >= 4 is 5.78 Å². The minimum Gasteiger partial charge on any atom is -0.385 e. The van der Waals surface area contributed by atoms with E-state index >= 15 is 0 Å². The lowest BCUT2D eigenvalue weighted by molar-refractivity contribution is -0.125. The zero-order chi connectivity index (χ0) is 11.5. The summed E-state index contributed by atoms with van der Waals surface area (Å²) < 4.78 is 0. The van der Waals surface area contributed by atoms with E-state index in [1.807, 2.05) is 6.08 Å². The number of Topliss-reactive ketones (excluding diaryl/α,β-unsaturated/α-hetero) is 1. The Morgan fingerprint density at radius 2 is 1.73 bits per heavy atom. The molecule has 0 saturated heterocycles. The van der Waals surface area contributed by atoms with Gasteiger partial charge in [-0.15, -0.1) is 6.58 Å². The molecule has 0 aliphatic rings. The van der Waals surface area contributed by atoms with Crippen LogP contribution in [0.2, 0.25) is 0 Å². The van der Waals surface area contributed by atoms with Crippen LogP contribution in [-0.4, -0.2) is 17.0 Å². The summed E-state index contributed by atoms with van der Waals surface area (Å²) in [5.41, 5.74) is 0. The van der Waals surface area contributed by atoms with E-state index in [-0.39, 0.29) is 5.78 Å². The highest BCUT2D eigenvalue weighted by Crippen LogP contribution is 2.10. The Balaban J connectivity index is 3.11. The second-order valence-corrected chi connectivity index (χ2v) is 4.11. The maximum Gasteiger partial charge on any atom is 0.158 e. The van der Waals surface area contributed by atoms with Crippen LogP contribution in [0.25, 0.3) is 0 Å². The minimum absolute atomic E-state index is 0.110. The fourth-order valence-electron chi connectivity index (χ4n) is 1.54. The van der Waals surface area contributed by atoms with Gasteiger partial charge in [-0.2, -0.15) is 0 Å². The van der Waals surface area contributed by atoms with Crippen molar-refractivity contribution in [1.29, 1.82) is 0 Å². The van der Waals surface area contributed by atoms with Crippen LogP contribution in [0.5, 0.6) is 0 Å². The van der Waals surface area contributed by atoms with Gasteiger partial charge < -0.3 is 5.11 Å². The van der Waals surface area contributed by atoms with Crippen LogP contribution in [0.15, 0.2) is 12.7 Å². The lowest BCUT2D eigenvalue weighted by Crippen LogP contribution is -2.16. The molecule has 0 aromatic carbocycles. The van der Waals surface area contributed by atoms with Gasteiger partial charge >= 0.3 is 0 Å². The largest absolute Gasteiger partial charge is 0.385 e. The summed E-state index contributed by atoms with van der Waals surface area (Å²) >= 11 is 0. The van der Waals surface area contributed by atoms with Gasteiger partial charge in [-0.1, -0.05) is 38.2 Å². The summed E-state index contributed by atoms with van der Waals surface area (Å²) in [5, 5.41) is 9.24. The van der Waals surface area contributed by atoms with Crippen molar-refractivity contribution < 1.29 is 9.90 Å². The SMILES string of the molecule is C=CCCCCCCCCC(O)C(C)=O. The second kappa shape index (κ2) is 9.91. The Morgan fingerprint density at radius 1 is 1.20 bits per heavy atom. The maximum atomic E-state index is 10.7. The Bertz CT molecular complexity index is 175. The summed E-state index contributed by atoms with van der Waals surface area (Å²) in [5.74, 6) is -0.110. The molecule has 0 spiro atoms. The molecule has 0 radical (unpaired) electrons. The van der Waals surface area contributed by atoms with Crippen molar-refractivity contribution in [1.82, 2.24) is 0 Å². The molecule has 88 valence electrons. The molecule has 0 aromatic heterocycles. The van der Waals surface area contributed by atoms with Crippen LogP contribution in [0.3, 0.4) is 0 Å². The highest BCUT2D eigenvalue weighted by molar-refractivity contribution is 5.79. The molecule has 0 aliphatic heterocycles. The van der Waals surface area contributed by atoms with Crippen molar-refractivity contribution in [3.63, 3.8) is 0 Å². The predicted octanol–water partition coefficient (Wildman–Crippen LogP) is 3.24. The molecule has 0 heterocycles. The molecule has 2 nitrogen and oxygen atoms in total. The Labute approximate surface area is 93.4 Å². The number of allylic oxidation sites excluding steroid dienone is 1. The molecule has 0 saturated carbocycles. The van der Waals surface area contributed by atoms with E-state index in [2.05, 4.69) is 6.58 Å². The Kier molecular flexibility index (Phi) is 9.49. The fourth-order valence-corrected chi connectivity index (χ4v) is 1.54. The molecule has 1 atom stereocenters. The zero-order valence-electron chi connectivity index (χ0n) is 9.87. The first-order valence-corrected chi connectivity index (χ1v) is 5.98. The average molecular weight is 212 g/mol. The third-order valence-corrected chi connectivity index (χ3v) is 2.61. The predicted molar refractivity (Wildman–Crippen MR) is 63.8 cm³/mol. The number of carbonyl (C=O) groups is 1. The molecule has 0 aromatic rings. The zero-order valence-corrected chi connectivity index (χ0v) is 9.87. The van der Waals surface area contributed by atoms with Gasteiger partial charge in [0.2, 0.25) is 0 Å². The normalized spacial score (nSPS) is 12.4. The summed E-state index contributed by atoms with van der Waals surface area (Å²) in [6, 6.07) is 0. The summed E-state index contributed by atoms with van der Waals surface area (Å²) in [6.07, 6.45) is 10.0. The highest BCUT2D eigenvalue weighted by Gasteiger charge is 2.07. The number of rotatable bonds is 10. The lowest BCUT2D eigenvalue weighted by Gasteiger charge is -2.05. The molecule has 0 bridgehead atoms. The van der Waals surface area contributed by atoms with Crippen molar-refractivity contribution in [2.75, 3.05) is 0 Å². The van der Waals surface area contributed by atoms with Gasteiger partial charge in [0.15, 0.2) is 5.78 Å². The third kappa shape index (κ3) is 9.67. The molecular weight excluding hydrogens is 188 g/mol. The number of aliphatic hydroxyl groups is 1. The summed E-state index contributed by atoms with van der Waals surface area (Å²) in [4.78, 5) is 10.7. The Morgan fingerprint density at radius 3 is 2.27 bits per heavy atom. The fraction of sp³-hybridized carbons (Fsp3) is 0.769. The van der Waals surface area contributed by atoms with E-state index < -0.39 is 6.10 Å². The van der Waals surface area contributed by atoms with Crippen LogP contribution >= 0.6 is 0 Å². The van der Waals surface area contributed by atoms with Crippen LogP contribution in [0.4, 0.5) is 0 Å². The lowest BCUT2D eigenvalue weighted by atomic mass is 10.0. The second-order valence-electron chi connectivity index (χ2n) is 4.11. The molecule has 2 heteroatoms. The van der Waals surface area contributed by atoms with Gasteiger partial charge in [-0.05, 0) is 26.2 Å². The first kappa shape index (κ1) is 14.4. The molecule has 0 rings (SSSR count). The summed E-state index contributed by atoms with van der Waals surface area (Å²) in [7, 11) is 0. The van der Waals surface area contributed by atoms with E-state index in [9.17, 15) is 9.90 Å². The number of hydrogen-bond donors (Lipinski definition) is 1. The molecule has 15 heavy (non-hydrogen) atoms. The van der Waals surface area contributed by atoms with E-state index in [0.29, 0.717) is 6.42 Å². The maximum absolute atomic E-state index is 10.7. The van der Waals surface area contributed by atoms with E-state index in [1.54, 1.807) is 0 Å². The number of hydrogen-bond acceptors (Lipinski definition) is 2. The van der Waals surface area contributed by atoms with E-state index in [0.717, 1.165) is 19.3 Å². The Hall–Kier alpha value is -0.630. The third-order valence-electron chi connectivity index (χ3n) is 2.61. The molecule has 1 N–H and O–H groups in total. The number of unbranched alkanes of at least 4 members (excludes halogenated alkanes) is 6. The molecule has 0 fully saturated rings. The van der Waals surface area contributed by atoms with Crippen molar-refractivity contribution in [3.05, 3.63) is 12.7 Å². The number of carbonyl (C=O) groups excluding carboxylic acids is 1. The molecule has 1 unspecified atom stereocenters. The molecular formula is C13H24O2. The van der Waals surface area contributed by atoms with Crippen molar-refractivity contribution in [3.8, 4) is 0 Å². The quantitative estimate of drug-likeness (QED) is 0.446. The van der Waals surface area contributed by atoms with Gasteiger partial charge in [0, 0.05) is 0 Å². The van der Waals surface area contributed by atoms with Gasteiger partial charge in [-0.25, -0.2) is 0 Å². The van der Waals surface area contributed by atoms with Crippen molar-refractivity contribution in [2.45, 2.75) is 64.4 Å². The average Bonchev–Trinajstić information content (AvgIpc) is 2.21. The van der Waals surface area contributed by atoms with Gasteiger partial charge in [-0.3, -0.25) is 4.79 Å². The first-order valence-electron chi connectivity index (χ1n) is 5.98. The van der Waals surface area contributed by atoms with Gasteiger partial charge in [0.05, 0.1) is 0 Å². The summed E-state index contributed by atoms with van der Waals surface area (Å²) in [6.45, 7) is 5.13. The minimum atomic E-state index is -0.731. The standard InChI is InChI=1S/C13H24O2/c1-3-4-5-6-7-8-9-10-11-13(15)12(2)14/h3,13,15H,1,4-11H2,2H3. The van der Waals surface area contributed by atoms with Gasteiger partial charge in [0.25, 0.3) is 0 Å². The monoisotopic (exact) mass is 212 g/mol. The number of ketones is 1. The molecule has 0 amide bonds. The van der Waals surface area contributed by atoms with Crippen LogP contribution in [-0.2, 0) is 4.79 Å². The van der Waals surface area contributed by atoms with E-state index in [1.165, 1.54) is 32.6 Å². The van der Waals surface area contributed by atoms with E-state index in [4.69, 9.17) is 0 Å². The van der Waals surface area contributed by atoms with Crippen LogP contribution in [0, 0.1) is 0 Å². The smallest absolute Gasteiger partial charge is 0.158 e. The van der Waals surface area contributed by atoms with Gasteiger partial charge in [0.1, 0.15) is 6.10 Å². The number of aliphatic hydroxyl groups excluding tert-OH is 1. The topological polar surface area (TPSA) is 37.3 Å². The van der Waals surface area contributed by atoms with Crippen LogP contribution < -0.4 is 0 Å². The van der Waals surface area contributed by atoms with Crippen LogP contribution in [0.1, 0.15) is 58.3 Å². The first-order chi connectivity index (χ1) is 7.18. The highest BCUT2D eigenvalue weighted by atomic mass is 16.3.